The summed E-state index contributed by atoms with van der Waals surface area (Å²) in [5, 5.41) is 0. The number of hydrogen-bond donors (Lipinski definition) is 1. The smallest absolute Gasteiger partial charge is 0.399 e. The Bertz CT molecular complexity index is 453. The van der Waals surface area contributed by atoms with Gasteiger partial charge in [0.2, 0.25) is 0 Å². The molecule has 1 aromatic rings. The molecule has 0 unspecified atom stereocenters. The van der Waals surface area contributed by atoms with Crippen LogP contribution in [0.15, 0.2) is 18.2 Å². The fraction of sp³-hybridized carbons (Fsp3) is 0.538. The van der Waals surface area contributed by atoms with Crippen LogP contribution in [-0.4, -0.2) is 48.7 Å². The highest BCUT2D eigenvalue weighted by atomic mass is 19.4. The molecule has 0 bridgehead atoms. The predicted molar refractivity (Wildman–Crippen MR) is 68.6 cm³/mol. The van der Waals surface area contributed by atoms with E-state index in [2.05, 4.69) is 0 Å². The van der Waals surface area contributed by atoms with E-state index in [1.54, 1.807) is 12.1 Å². The number of alkyl halides is 3. The van der Waals surface area contributed by atoms with E-state index < -0.39 is 12.7 Å². The Morgan fingerprint density at radius 3 is 2.20 bits per heavy atom. The van der Waals surface area contributed by atoms with Gasteiger partial charge in [-0.05, 0) is 12.1 Å². The molecule has 0 amide bonds. The van der Waals surface area contributed by atoms with E-state index in [4.69, 9.17) is 5.73 Å². The van der Waals surface area contributed by atoms with Crippen LogP contribution in [0.2, 0.25) is 0 Å². The standard InChI is InChI=1S/C13H17F4N3/c14-12-7-11(18)2-1-10(12)8-19-3-5-20(6-4-19)9-13(15,16)17/h1-2,7H,3-6,8-9,18H2. The first-order valence-corrected chi connectivity index (χ1v) is 6.39. The van der Waals surface area contributed by atoms with Crippen molar-refractivity contribution in [2.45, 2.75) is 12.7 Å². The van der Waals surface area contributed by atoms with Gasteiger partial charge in [0.05, 0.1) is 6.54 Å². The zero-order valence-corrected chi connectivity index (χ0v) is 11.0. The summed E-state index contributed by atoms with van der Waals surface area (Å²) in [6.45, 7) is 1.20. The molecule has 0 aromatic heterocycles. The number of halogens is 4. The van der Waals surface area contributed by atoms with Crippen molar-refractivity contribution in [3.8, 4) is 0 Å². The van der Waals surface area contributed by atoms with Gasteiger partial charge in [0.25, 0.3) is 0 Å². The van der Waals surface area contributed by atoms with Crippen molar-refractivity contribution < 1.29 is 17.6 Å². The van der Waals surface area contributed by atoms with Gasteiger partial charge in [-0.2, -0.15) is 13.2 Å². The third-order valence-corrected chi connectivity index (χ3v) is 3.34. The number of benzene rings is 1. The average molecular weight is 291 g/mol. The van der Waals surface area contributed by atoms with Crippen molar-refractivity contribution in [3.05, 3.63) is 29.6 Å². The number of nitrogen functional groups attached to an aromatic ring is 1. The van der Waals surface area contributed by atoms with Gasteiger partial charge in [0, 0.05) is 44.0 Å². The normalized spacial score (nSPS) is 18.4. The van der Waals surface area contributed by atoms with Crippen molar-refractivity contribution in [2.75, 3.05) is 38.5 Å². The quantitative estimate of drug-likeness (QED) is 0.683. The van der Waals surface area contributed by atoms with Gasteiger partial charge in [-0.3, -0.25) is 9.80 Å². The van der Waals surface area contributed by atoms with Crippen LogP contribution < -0.4 is 5.73 Å². The van der Waals surface area contributed by atoms with Gasteiger partial charge >= 0.3 is 6.18 Å². The SMILES string of the molecule is Nc1ccc(CN2CCN(CC(F)(F)F)CC2)c(F)c1. The van der Waals surface area contributed by atoms with Crippen molar-refractivity contribution in [1.29, 1.82) is 0 Å². The number of rotatable bonds is 3. The van der Waals surface area contributed by atoms with Crippen LogP contribution in [0.4, 0.5) is 23.2 Å². The Hall–Kier alpha value is -1.34. The fourth-order valence-corrected chi connectivity index (χ4v) is 2.29. The molecule has 1 aromatic carbocycles. The molecule has 0 radical (unpaired) electrons. The van der Waals surface area contributed by atoms with Crippen LogP contribution in [0.3, 0.4) is 0 Å². The Labute approximate surface area is 115 Å². The highest BCUT2D eigenvalue weighted by Crippen LogP contribution is 2.19. The fourth-order valence-electron chi connectivity index (χ4n) is 2.29. The maximum atomic E-state index is 13.6. The van der Waals surface area contributed by atoms with Gasteiger partial charge in [0.15, 0.2) is 0 Å². The highest BCUT2D eigenvalue weighted by molar-refractivity contribution is 5.40. The van der Waals surface area contributed by atoms with E-state index in [0.717, 1.165) is 0 Å². The second-order valence-electron chi connectivity index (χ2n) is 5.02. The van der Waals surface area contributed by atoms with Crippen LogP contribution in [0.25, 0.3) is 0 Å². The molecule has 0 spiro atoms. The first-order chi connectivity index (χ1) is 9.33. The molecular weight excluding hydrogens is 274 g/mol. The largest absolute Gasteiger partial charge is 0.401 e. The molecule has 1 saturated heterocycles. The highest BCUT2D eigenvalue weighted by Gasteiger charge is 2.32. The molecule has 0 aliphatic carbocycles. The molecule has 1 fully saturated rings. The third kappa shape index (κ3) is 4.35. The molecule has 0 saturated carbocycles. The molecule has 112 valence electrons. The molecule has 3 nitrogen and oxygen atoms in total. The van der Waals surface area contributed by atoms with Crippen LogP contribution >= 0.6 is 0 Å². The summed E-state index contributed by atoms with van der Waals surface area (Å²) in [6, 6.07) is 4.50. The summed E-state index contributed by atoms with van der Waals surface area (Å²) < 4.78 is 50.4. The summed E-state index contributed by atoms with van der Waals surface area (Å²) >= 11 is 0. The maximum absolute atomic E-state index is 13.6. The average Bonchev–Trinajstić information content (AvgIpc) is 2.33. The van der Waals surface area contributed by atoms with Crippen molar-refractivity contribution in [3.63, 3.8) is 0 Å². The minimum Gasteiger partial charge on any atom is -0.399 e. The molecule has 1 aliphatic heterocycles. The van der Waals surface area contributed by atoms with E-state index in [0.29, 0.717) is 44.0 Å². The van der Waals surface area contributed by atoms with E-state index in [1.165, 1.54) is 11.0 Å². The van der Waals surface area contributed by atoms with Gasteiger partial charge in [-0.25, -0.2) is 4.39 Å². The summed E-state index contributed by atoms with van der Waals surface area (Å²) in [5.41, 5.74) is 6.35. The van der Waals surface area contributed by atoms with Gasteiger partial charge < -0.3 is 5.73 Å². The molecule has 0 atom stereocenters. The third-order valence-electron chi connectivity index (χ3n) is 3.34. The molecule has 7 heteroatoms. The number of piperazine rings is 1. The van der Waals surface area contributed by atoms with Crippen molar-refractivity contribution >= 4 is 5.69 Å². The summed E-state index contributed by atoms with van der Waals surface area (Å²) in [7, 11) is 0. The monoisotopic (exact) mass is 291 g/mol. The zero-order chi connectivity index (χ0) is 14.8. The van der Waals surface area contributed by atoms with Crippen LogP contribution in [-0.2, 0) is 6.54 Å². The Morgan fingerprint density at radius 1 is 1.05 bits per heavy atom. The van der Waals surface area contributed by atoms with E-state index >= 15 is 0 Å². The lowest BCUT2D eigenvalue weighted by molar-refractivity contribution is -0.149. The molecule has 1 aliphatic rings. The number of anilines is 1. The maximum Gasteiger partial charge on any atom is 0.401 e. The Kier molecular flexibility index (Phi) is 4.49. The van der Waals surface area contributed by atoms with Gasteiger partial charge in [-0.15, -0.1) is 0 Å². The second-order valence-corrected chi connectivity index (χ2v) is 5.02. The molecule has 1 heterocycles. The lowest BCUT2D eigenvalue weighted by atomic mass is 10.1. The molecule has 2 N–H and O–H groups in total. The number of hydrogen-bond acceptors (Lipinski definition) is 3. The minimum atomic E-state index is -4.16. The Morgan fingerprint density at radius 2 is 1.65 bits per heavy atom. The summed E-state index contributed by atoms with van der Waals surface area (Å²) in [6.07, 6.45) is -4.16. The van der Waals surface area contributed by atoms with E-state index in [1.807, 2.05) is 4.90 Å². The predicted octanol–water partition coefficient (Wildman–Crippen LogP) is 2.09. The Balaban J connectivity index is 1.85. The van der Waals surface area contributed by atoms with E-state index in [-0.39, 0.29) is 5.82 Å². The van der Waals surface area contributed by atoms with Gasteiger partial charge in [0.1, 0.15) is 5.82 Å². The second kappa shape index (κ2) is 5.97. The zero-order valence-electron chi connectivity index (χ0n) is 11.0. The minimum absolute atomic E-state index is 0.343. The molecular formula is C13H17F4N3. The number of nitrogens with zero attached hydrogens (tertiary/aromatic N) is 2. The van der Waals surface area contributed by atoms with Crippen molar-refractivity contribution in [2.24, 2.45) is 0 Å². The van der Waals surface area contributed by atoms with Crippen molar-refractivity contribution in [1.82, 2.24) is 9.80 Å². The van der Waals surface area contributed by atoms with Crippen LogP contribution in [0, 0.1) is 5.82 Å². The van der Waals surface area contributed by atoms with Gasteiger partial charge in [-0.1, -0.05) is 6.07 Å². The van der Waals surface area contributed by atoms with E-state index in [9.17, 15) is 17.6 Å². The molecule has 2 rings (SSSR count). The molecule has 20 heavy (non-hydrogen) atoms. The summed E-state index contributed by atoms with van der Waals surface area (Å²) in [4.78, 5) is 3.32. The van der Waals surface area contributed by atoms with Crippen LogP contribution in [0.1, 0.15) is 5.56 Å². The first kappa shape index (κ1) is 15.1. The lowest BCUT2D eigenvalue weighted by Gasteiger charge is -2.35. The number of nitrogens with two attached hydrogens (primary N) is 1. The topological polar surface area (TPSA) is 32.5 Å². The lowest BCUT2D eigenvalue weighted by Crippen LogP contribution is -2.48. The summed E-state index contributed by atoms with van der Waals surface area (Å²) in [5.74, 6) is -0.372. The van der Waals surface area contributed by atoms with Crippen LogP contribution in [0.5, 0.6) is 0 Å². The first-order valence-electron chi connectivity index (χ1n) is 6.39.